The van der Waals surface area contributed by atoms with E-state index in [9.17, 15) is 4.79 Å². The minimum absolute atomic E-state index is 0.106. The summed E-state index contributed by atoms with van der Waals surface area (Å²) in [6.07, 6.45) is 5.72. The number of rotatable bonds is 5. The summed E-state index contributed by atoms with van der Waals surface area (Å²) in [7, 11) is 0. The Morgan fingerprint density at radius 2 is 1.81 bits per heavy atom. The van der Waals surface area contributed by atoms with E-state index in [2.05, 4.69) is 36.6 Å². The number of anilines is 1. The van der Waals surface area contributed by atoms with Crippen LogP contribution in [0.2, 0.25) is 0 Å². The van der Waals surface area contributed by atoms with Gasteiger partial charge in [0.25, 0.3) is 0 Å². The van der Waals surface area contributed by atoms with E-state index in [1.165, 1.54) is 18.4 Å². The van der Waals surface area contributed by atoms with Crippen LogP contribution in [-0.2, 0) is 11.2 Å². The van der Waals surface area contributed by atoms with Gasteiger partial charge in [-0.1, -0.05) is 26.0 Å². The van der Waals surface area contributed by atoms with Crippen molar-refractivity contribution >= 4 is 11.6 Å². The standard InChI is InChI=1S/C18H28N2O/c1-4-15-7-11-16(12-8-15)19-14(3)18(21)20-17-9-5-13(2)6-10-17/h7-8,11-14,17,19H,4-6,9-10H2,1-3H3,(H,20,21). The smallest absolute Gasteiger partial charge is 0.242 e. The molecule has 1 fully saturated rings. The van der Waals surface area contributed by atoms with Gasteiger partial charge in [0.15, 0.2) is 0 Å². The van der Waals surface area contributed by atoms with Crippen molar-refractivity contribution in [1.82, 2.24) is 5.32 Å². The summed E-state index contributed by atoms with van der Waals surface area (Å²) in [5, 5.41) is 6.46. The molecule has 116 valence electrons. The highest BCUT2D eigenvalue weighted by molar-refractivity contribution is 5.84. The third-order valence-electron chi connectivity index (χ3n) is 4.50. The van der Waals surface area contributed by atoms with Gasteiger partial charge in [-0.05, 0) is 62.6 Å². The molecule has 0 heterocycles. The summed E-state index contributed by atoms with van der Waals surface area (Å²) >= 11 is 0. The lowest BCUT2D eigenvalue weighted by molar-refractivity contribution is -0.122. The van der Waals surface area contributed by atoms with E-state index >= 15 is 0 Å². The predicted octanol–water partition coefficient (Wildman–Crippen LogP) is 3.74. The summed E-state index contributed by atoms with van der Waals surface area (Å²) in [6, 6.07) is 8.47. The zero-order valence-corrected chi connectivity index (χ0v) is 13.5. The molecule has 0 spiro atoms. The normalized spacial score (nSPS) is 23.4. The van der Waals surface area contributed by atoms with Crippen molar-refractivity contribution in [3.63, 3.8) is 0 Å². The van der Waals surface area contributed by atoms with Gasteiger partial charge in [0, 0.05) is 11.7 Å². The number of benzene rings is 1. The van der Waals surface area contributed by atoms with E-state index in [0.717, 1.165) is 30.9 Å². The maximum atomic E-state index is 12.2. The molecule has 0 saturated heterocycles. The van der Waals surface area contributed by atoms with Gasteiger partial charge < -0.3 is 10.6 Å². The fourth-order valence-electron chi connectivity index (χ4n) is 2.88. The second kappa shape index (κ2) is 7.48. The third kappa shape index (κ3) is 4.76. The van der Waals surface area contributed by atoms with Crippen LogP contribution in [-0.4, -0.2) is 18.0 Å². The molecule has 1 atom stereocenters. The molecule has 1 unspecified atom stereocenters. The number of carbonyl (C=O) groups excluding carboxylic acids is 1. The number of hydrogen-bond acceptors (Lipinski definition) is 2. The molecule has 1 aromatic rings. The third-order valence-corrected chi connectivity index (χ3v) is 4.50. The van der Waals surface area contributed by atoms with Crippen molar-refractivity contribution < 1.29 is 4.79 Å². The van der Waals surface area contributed by atoms with Crippen LogP contribution in [0.1, 0.15) is 52.0 Å². The minimum Gasteiger partial charge on any atom is -0.374 e. The fraction of sp³-hybridized carbons (Fsp3) is 0.611. The topological polar surface area (TPSA) is 41.1 Å². The van der Waals surface area contributed by atoms with Crippen molar-refractivity contribution in [2.24, 2.45) is 5.92 Å². The Balaban J connectivity index is 1.81. The van der Waals surface area contributed by atoms with Crippen molar-refractivity contribution in [2.45, 2.75) is 65.0 Å². The van der Waals surface area contributed by atoms with Gasteiger partial charge in [-0.25, -0.2) is 0 Å². The molecule has 0 radical (unpaired) electrons. The van der Waals surface area contributed by atoms with Crippen molar-refractivity contribution in [2.75, 3.05) is 5.32 Å². The van der Waals surface area contributed by atoms with Gasteiger partial charge in [-0.3, -0.25) is 4.79 Å². The zero-order chi connectivity index (χ0) is 15.2. The van der Waals surface area contributed by atoms with E-state index in [-0.39, 0.29) is 11.9 Å². The van der Waals surface area contributed by atoms with Gasteiger partial charge in [-0.15, -0.1) is 0 Å². The largest absolute Gasteiger partial charge is 0.374 e. The van der Waals surface area contributed by atoms with Crippen LogP contribution in [0.5, 0.6) is 0 Å². The summed E-state index contributed by atoms with van der Waals surface area (Å²) in [5.74, 6) is 0.917. The number of nitrogens with one attached hydrogen (secondary N) is 2. The molecule has 1 saturated carbocycles. The number of hydrogen-bond donors (Lipinski definition) is 2. The first-order valence-electron chi connectivity index (χ1n) is 8.24. The van der Waals surface area contributed by atoms with Gasteiger partial charge in [0.1, 0.15) is 6.04 Å². The quantitative estimate of drug-likeness (QED) is 0.866. The average molecular weight is 288 g/mol. The van der Waals surface area contributed by atoms with Crippen LogP contribution >= 0.6 is 0 Å². The molecule has 0 aromatic heterocycles. The molecule has 1 aromatic carbocycles. The van der Waals surface area contributed by atoms with Gasteiger partial charge in [0.2, 0.25) is 5.91 Å². The maximum Gasteiger partial charge on any atom is 0.242 e. The van der Waals surface area contributed by atoms with Crippen molar-refractivity contribution in [3.8, 4) is 0 Å². The molecule has 0 bridgehead atoms. The van der Waals surface area contributed by atoms with E-state index in [0.29, 0.717) is 6.04 Å². The van der Waals surface area contributed by atoms with Crippen LogP contribution < -0.4 is 10.6 Å². The van der Waals surface area contributed by atoms with E-state index in [1.54, 1.807) is 0 Å². The summed E-state index contributed by atoms with van der Waals surface area (Å²) in [4.78, 5) is 12.2. The van der Waals surface area contributed by atoms with Crippen LogP contribution in [0.3, 0.4) is 0 Å². The lowest BCUT2D eigenvalue weighted by Crippen LogP contribution is -2.44. The Morgan fingerprint density at radius 3 is 2.38 bits per heavy atom. The van der Waals surface area contributed by atoms with E-state index in [1.807, 2.05) is 19.1 Å². The lowest BCUT2D eigenvalue weighted by atomic mass is 9.87. The first kappa shape index (κ1) is 15.9. The monoisotopic (exact) mass is 288 g/mol. The summed E-state index contributed by atoms with van der Waals surface area (Å²) < 4.78 is 0. The zero-order valence-electron chi connectivity index (χ0n) is 13.5. The van der Waals surface area contributed by atoms with Crippen LogP contribution in [0.25, 0.3) is 0 Å². The maximum absolute atomic E-state index is 12.2. The van der Waals surface area contributed by atoms with E-state index < -0.39 is 0 Å². The Labute approximate surface area is 128 Å². The van der Waals surface area contributed by atoms with E-state index in [4.69, 9.17) is 0 Å². The first-order chi connectivity index (χ1) is 10.1. The molecule has 1 amide bonds. The number of amides is 1. The molecule has 1 aliphatic rings. The Morgan fingerprint density at radius 1 is 1.19 bits per heavy atom. The molecule has 3 nitrogen and oxygen atoms in total. The Bertz CT molecular complexity index is 447. The summed E-state index contributed by atoms with van der Waals surface area (Å²) in [5.41, 5.74) is 2.32. The van der Waals surface area contributed by atoms with Crippen LogP contribution in [0, 0.1) is 5.92 Å². The Kier molecular flexibility index (Phi) is 5.66. The second-order valence-corrected chi connectivity index (χ2v) is 6.38. The average Bonchev–Trinajstić information content (AvgIpc) is 2.50. The lowest BCUT2D eigenvalue weighted by Gasteiger charge is -2.28. The summed E-state index contributed by atoms with van der Waals surface area (Å²) in [6.45, 7) is 6.36. The fourth-order valence-corrected chi connectivity index (χ4v) is 2.88. The SMILES string of the molecule is CCc1ccc(NC(C)C(=O)NC2CCC(C)CC2)cc1. The molecular weight excluding hydrogens is 260 g/mol. The molecule has 0 aliphatic heterocycles. The first-order valence-corrected chi connectivity index (χ1v) is 8.24. The Hall–Kier alpha value is -1.51. The predicted molar refractivity (Wildman–Crippen MR) is 88.5 cm³/mol. The molecule has 2 rings (SSSR count). The highest BCUT2D eigenvalue weighted by atomic mass is 16.2. The number of aryl methyl sites for hydroxylation is 1. The van der Waals surface area contributed by atoms with Gasteiger partial charge in [-0.2, -0.15) is 0 Å². The van der Waals surface area contributed by atoms with Gasteiger partial charge in [0.05, 0.1) is 0 Å². The molecular formula is C18H28N2O. The highest BCUT2D eigenvalue weighted by Gasteiger charge is 2.22. The van der Waals surface area contributed by atoms with Crippen molar-refractivity contribution in [1.29, 1.82) is 0 Å². The second-order valence-electron chi connectivity index (χ2n) is 6.38. The molecule has 2 N–H and O–H groups in total. The van der Waals surface area contributed by atoms with Crippen LogP contribution in [0.15, 0.2) is 24.3 Å². The van der Waals surface area contributed by atoms with Crippen LogP contribution in [0.4, 0.5) is 5.69 Å². The molecule has 1 aliphatic carbocycles. The molecule has 3 heteroatoms. The van der Waals surface area contributed by atoms with Crippen molar-refractivity contribution in [3.05, 3.63) is 29.8 Å². The molecule has 21 heavy (non-hydrogen) atoms. The highest BCUT2D eigenvalue weighted by Crippen LogP contribution is 2.23. The minimum atomic E-state index is -0.197. The number of carbonyl (C=O) groups is 1. The van der Waals surface area contributed by atoms with Gasteiger partial charge >= 0.3 is 0 Å².